The van der Waals surface area contributed by atoms with Crippen LogP contribution in [0.25, 0.3) is 0 Å². The summed E-state index contributed by atoms with van der Waals surface area (Å²) in [5.41, 5.74) is 0. The highest BCUT2D eigenvalue weighted by Crippen LogP contribution is 2.25. The van der Waals surface area contributed by atoms with Gasteiger partial charge in [0, 0.05) is 6.54 Å². The molecule has 1 aromatic rings. The first-order valence-electron chi connectivity index (χ1n) is 6.92. The molecule has 0 bridgehead atoms. The average molecular weight is 302 g/mol. The Balaban J connectivity index is 0.00000200. The van der Waals surface area contributed by atoms with Gasteiger partial charge >= 0.3 is 0 Å². The summed E-state index contributed by atoms with van der Waals surface area (Å²) in [6, 6.07) is 4.15. The third kappa shape index (κ3) is 4.51. The Morgan fingerprint density at radius 3 is 2.65 bits per heavy atom. The van der Waals surface area contributed by atoms with E-state index in [1.54, 1.807) is 7.05 Å². The number of likely N-dealkylation sites (N-methyl/N-ethyl adjacent to an activating group) is 1. The standard InChI is InChI=1S/C14H23N3O2.ClH/c1-11-5-6-13(19-11)12(17-7-3-4-8-17)9-16-14(18)10-15-2;/h5-6,12,15H,3-4,7-10H2,1-2H3,(H,16,18);1H. The Kier molecular flexibility index (Phi) is 7.05. The summed E-state index contributed by atoms with van der Waals surface area (Å²) in [4.78, 5) is 14.0. The van der Waals surface area contributed by atoms with Gasteiger partial charge in [-0.3, -0.25) is 9.69 Å². The topological polar surface area (TPSA) is 57.5 Å². The third-order valence-corrected chi connectivity index (χ3v) is 3.50. The molecule has 2 heterocycles. The van der Waals surface area contributed by atoms with Crippen molar-refractivity contribution >= 4 is 18.3 Å². The normalized spacial score (nSPS) is 16.7. The molecule has 1 saturated heterocycles. The van der Waals surface area contributed by atoms with E-state index in [-0.39, 0.29) is 24.4 Å². The minimum Gasteiger partial charge on any atom is -0.465 e. The maximum Gasteiger partial charge on any atom is 0.234 e. The average Bonchev–Trinajstić information content (AvgIpc) is 3.02. The molecule has 1 amide bonds. The molecule has 1 fully saturated rings. The van der Waals surface area contributed by atoms with Crippen LogP contribution in [0.15, 0.2) is 16.5 Å². The smallest absolute Gasteiger partial charge is 0.234 e. The maximum atomic E-state index is 11.6. The molecule has 1 aliphatic rings. The minimum absolute atomic E-state index is 0. The summed E-state index contributed by atoms with van der Waals surface area (Å²) in [5.74, 6) is 1.89. The van der Waals surface area contributed by atoms with Gasteiger partial charge in [-0.15, -0.1) is 12.4 Å². The molecule has 5 nitrogen and oxygen atoms in total. The van der Waals surface area contributed by atoms with Gasteiger partial charge in [-0.25, -0.2) is 0 Å². The highest BCUT2D eigenvalue weighted by molar-refractivity contribution is 5.85. The largest absolute Gasteiger partial charge is 0.465 e. The van der Waals surface area contributed by atoms with Crippen LogP contribution in [0.3, 0.4) is 0 Å². The number of hydrogen-bond acceptors (Lipinski definition) is 4. The van der Waals surface area contributed by atoms with Crippen LogP contribution in [0.1, 0.15) is 30.4 Å². The number of rotatable bonds is 6. The van der Waals surface area contributed by atoms with Crippen LogP contribution in [0.2, 0.25) is 0 Å². The van der Waals surface area contributed by atoms with Crippen molar-refractivity contribution in [2.75, 3.05) is 33.2 Å². The van der Waals surface area contributed by atoms with E-state index < -0.39 is 0 Å². The molecule has 1 aromatic heterocycles. The lowest BCUT2D eigenvalue weighted by atomic mass is 10.2. The van der Waals surface area contributed by atoms with Crippen LogP contribution >= 0.6 is 12.4 Å². The Labute approximate surface area is 126 Å². The van der Waals surface area contributed by atoms with Gasteiger partial charge in [-0.2, -0.15) is 0 Å². The lowest BCUT2D eigenvalue weighted by Crippen LogP contribution is -2.39. The fraction of sp³-hybridized carbons (Fsp3) is 0.643. The number of nitrogens with zero attached hydrogens (tertiary/aromatic N) is 1. The number of halogens is 1. The van der Waals surface area contributed by atoms with Crippen molar-refractivity contribution in [3.05, 3.63) is 23.7 Å². The van der Waals surface area contributed by atoms with Gasteiger partial charge in [-0.1, -0.05) is 0 Å². The summed E-state index contributed by atoms with van der Waals surface area (Å²) >= 11 is 0. The van der Waals surface area contributed by atoms with Gasteiger partial charge in [0.1, 0.15) is 11.5 Å². The third-order valence-electron chi connectivity index (χ3n) is 3.50. The van der Waals surface area contributed by atoms with Crippen molar-refractivity contribution in [2.24, 2.45) is 0 Å². The van der Waals surface area contributed by atoms with Crippen molar-refractivity contribution in [2.45, 2.75) is 25.8 Å². The van der Waals surface area contributed by atoms with E-state index in [4.69, 9.17) is 4.42 Å². The highest BCUT2D eigenvalue weighted by atomic mass is 35.5. The first-order chi connectivity index (χ1) is 9.20. The van der Waals surface area contributed by atoms with Gasteiger partial charge in [0.2, 0.25) is 5.91 Å². The number of aryl methyl sites for hydroxylation is 1. The van der Waals surface area contributed by atoms with Crippen LogP contribution in [-0.4, -0.2) is 44.0 Å². The zero-order chi connectivity index (χ0) is 13.7. The van der Waals surface area contributed by atoms with Crippen molar-refractivity contribution in [1.29, 1.82) is 0 Å². The van der Waals surface area contributed by atoms with Crippen molar-refractivity contribution in [3.63, 3.8) is 0 Å². The van der Waals surface area contributed by atoms with E-state index in [1.807, 2.05) is 19.1 Å². The first-order valence-corrected chi connectivity index (χ1v) is 6.92. The zero-order valence-corrected chi connectivity index (χ0v) is 13.0. The van der Waals surface area contributed by atoms with E-state index in [2.05, 4.69) is 15.5 Å². The molecule has 1 atom stereocenters. The number of furan rings is 1. The fourth-order valence-electron chi connectivity index (χ4n) is 2.53. The van der Waals surface area contributed by atoms with E-state index in [0.29, 0.717) is 13.1 Å². The lowest BCUT2D eigenvalue weighted by molar-refractivity contribution is -0.120. The van der Waals surface area contributed by atoms with E-state index in [0.717, 1.165) is 24.6 Å². The maximum absolute atomic E-state index is 11.6. The summed E-state index contributed by atoms with van der Waals surface area (Å²) in [6.45, 7) is 5.06. The second kappa shape index (κ2) is 8.29. The Bertz CT molecular complexity index is 416. The van der Waals surface area contributed by atoms with E-state index >= 15 is 0 Å². The number of carbonyl (C=O) groups is 1. The van der Waals surface area contributed by atoms with Crippen LogP contribution in [-0.2, 0) is 4.79 Å². The van der Waals surface area contributed by atoms with Gasteiger partial charge in [0.05, 0.1) is 12.6 Å². The van der Waals surface area contributed by atoms with Gasteiger partial charge in [-0.05, 0) is 52.0 Å². The van der Waals surface area contributed by atoms with Gasteiger partial charge in [0.15, 0.2) is 0 Å². The van der Waals surface area contributed by atoms with E-state index in [1.165, 1.54) is 12.8 Å². The van der Waals surface area contributed by atoms with Crippen LogP contribution < -0.4 is 10.6 Å². The molecule has 114 valence electrons. The van der Waals surface area contributed by atoms with Crippen molar-refractivity contribution in [3.8, 4) is 0 Å². The second-order valence-electron chi connectivity index (χ2n) is 5.04. The summed E-state index contributed by atoms with van der Waals surface area (Å²) in [6.07, 6.45) is 2.45. The molecule has 0 aliphatic carbocycles. The molecule has 20 heavy (non-hydrogen) atoms. The predicted molar refractivity (Wildman–Crippen MR) is 81.2 cm³/mol. The minimum atomic E-state index is 0. The molecular weight excluding hydrogens is 278 g/mol. The monoisotopic (exact) mass is 301 g/mol. The number of likely N-dealkylation sites (tertiary alicyclic amines) is 1. The highest BCUT2D eigenvalue weighted by Gasteiger charge is 2.26. The van der Waals surface area contributed by atoms with Crippen molar-refractivity contribution < 1.29 is 9.21 Å². The SMILES string of the molecule is CNCC(=O)NCC(c1ccc(C)o1)N1CCCC1.Cl. The lowest BCUT2D eigenvalue weighted by Gasteiger charge is -2.26. The molecule has 6 heteroatoms. The molecule has 1 unspecified atom stereocenters. The molecule has 0 spiro atoms. The molecule has 0 saturated carbocycles. The number of hydrogen-bond donors (Lipinski definition) is 2. The van der Waals surface area contributed by atoms with Crippen LogP contribution in [0.4, 0.5) is 0 Å². The number of nitrogens with one attached hydrogen (secondary N) is 2. The first kappa shape index (κ1) is 17.0. The van der Waals surface area contributed by atoms with E-state index in [9.17, 15) is 4.79 Å². The molecule has 2 N–H and O–H groups in total. The Hall–Kier alpha value is -1.04. The summed E-state index contributed by atoms with van der Waals surface area (Å²) in [7, 11) is 1.77. The van der Waals surface area contributed by atoms with Gasteiger partial charge in [0.25, 0.3) is 0 Å². The summed E-state index contributed by atoms with van der Waals surface area (Å²) < 4.78 is 5.74. The molecular formula is C14H24ClN3O2. The quantitative estimate of drug-likeness (QED) is 0.836. The van der Waals surface area contributed by atoms with Crippen molar-refractivity contribution in [1.82, 2.24) is 15.5 Å². The summed E-state index contributed by atoms with van der Waals surface area (Å²) in [5, 5.41) is 5.82. The molecule has 0 radical (unpaired) electrons. The van der Waals surface area contributed by atoms with Crippen LogP contribution in [0.5, 0.6) is 0 Å². The molecule has 1 aliphatic heterocycles. The number of amides is 1. The predicted octanol–water partition coefficient (Wildman–Crippen LogP) is 1.48. The second-order valence-corrected chi connectivity index (χ2v) is 5.04. The van der Waals surface area contributed by atoms with Gasteiger partial charge < -0.3 is 15.1 Å². The molecule has 0 aromatic carbocycles. The number of carbonyl (C=O) groups excluding carboxylic acids is 1. The van der Waals surface area contributed by atoms with Crippen LogP contribution in [0, 0.1) is 6.92 Å². The fourth-order valence-corrected chi connectivity index (χ4v) is 2.53. The Morgan fingerprint density at radius 1 is 1.40 bits per heavy atom. The Morgan fingerprint density at radius 2 is 2.10 bits per heavy atom. The zero-order valence-electron chi connectivity index (χ0n) is 12.1. The molecule has 2 rings (SSSR count).